The number of thiocarbonyl (C=S) groups is 1. The van der Waals surface area contributed by atoms with Gasteiger partial charge < -0.3 is 15.2 Å². The molecule has 0 heterocycles. The van der Waals surface area contributed by atoms with Crippen LogP contribution in [-0.4, -0.2) is 23.2 Å². The van der Waals surface area contributed by atoms with Crippen LogP contribution in [0.3, 0.4) is 0 Å². The van der Waals surface area contributed by atoms with Crippen molar-refractivity contribution >= 4 is 17.2 Å². The van der Waals surface area contributed by atoms with Gasteiger partial charge in [-0.05, 0) is 49.9 Å². The molecule has 0 fully saturated rings. The Balaban J connectivity index is 1.75. The Hall–Kier alpha value is -1.29. The Morgan fingerprint density at radius 2 is 1.26 bits per heavy atom. The fourth-order valence-electron chi connectivity index (χ4n) is 3.76. The largest absolute Gasteiger partial charge is 0.508 e. The van der Waals surface area contributed by atoms with Gasteiger partial charge in [-0.15, -0.1) is 0 Å². The second kappa shape index (κ2) is 20.6. The van der Waals surface area contributed by atoms with Crippen LogP contribution in [0.1, 0.15) is 116 Å². The molecule has 0 atom stereocenters. The molecule has 0 bridgehead atoms. The number of phenolic OH excluding ortho intramolecular Hbond substituents is 1. The Morgan fingerprint density at radius 3 is 1.87 bits per heavy atom. The number of aromatic hydroxyl groups is 1. The molecule has 4 heteroatoms. The summed E-state index contributed by atoms with van der Waals surface area (Å²) in [5.74, 6) is 1.12. The summed E-state index contributed by atoms with van der Waals surface area (Å²) in [6.45, 7) is 4.08. The third-order valence-electron chi connectivity index (χ3n) is 5.76. The second-order valence-corrected chi connectivity index (χ2v) is 9.24. The van der Waals surface area contributed by atoms with Crippen LogP contribution in [0.15, 0.2) is 24.3 Å². The van der Waals surface area contributed by atoms with Crippen LogP contribution in [0.2, 0.25) is 0 Å². The highest BCUT2D eigenvalue weighted by atomic mass is 32.1. The van der Waals surface area contributed by atoms with E-state index in [9.17, 15) is 5.11 Å². The van der Waals surface area contributed by atoms with E-state index in [4.69, 9.17) is 17.0 Å². The fraction of sp³-hybridized carbons (Fsp3) is 0.741. The number of unbranched alkanes of at least 4 members (excludes halogenated alkanes) is 14. The maximum atomic E-state index is 9.25. The first-order chi connectivity index (χ1) is 15.2. The molecule has 0 aliphatic rings. The van der Waals surface area contributed by atoms with E-state index in [1.807, 2.05) is 12.1 Å². The van der Waals surface area contributed by atoms with Crippen molar-refractivity contribution in [2.75, 3.05) is 13.2 Å². The van der Waals surface area contributed by atoms with Crippen LogP contribution in [0, 0.1) is 0 Å². The molecule has 178 valence electrons. The number of hydrogen-bond donors (Lipinski definition) is 2. The minimum atomic E-state index is 0.283. The zero-order valence-corrected chi connectivity index (χ0v) is 20.8. The van der Waals surface area contributed by atoms with Gasteiger partial charge in [0.2, 0.25) is 0 Å². The molecule has 2 N–H and O–H groups in total. The van der Waals surface area contributed by atoms with E-state index in [1.54, 1.807) is 12.1 Å². The maximum Gasteiger partial charge on any atom is 0.119 e. The lowest BCUT2D eigenvalue weighted by molar-refractivity contribution is 0.303. The zero-order chi connectivity index (χ0) is 22.4. The van der Waals surface area contributed by atoms with E-state index in [0.717, 1.165) is 36.7 Å². The molecule has 0 aliphatic carbocycles. The van der Waals surface area contributed by atoms with Crippen molar-refractivity contribution in [3.63, 3.8) is 0 Å². The van der Waals surface area contributed by atoms with Crippen LogP contribution >= 0.6 is 12.2 Å². The Bertz CT molecular complexity index is 533. The predicted octanol–water partition coefficient (Wildman–Crippen LogP) is 8.34. The van der Waals surface area contributed by atoms with E-state index >= 15 is 0 Å². The average molecular weight is 450 g/mol. The van der Waals surface area contributed by atoms with Gasteiger partial charge in [0.15, 0.2) is 0 Å². The lowest BCUT2D eigenvalue weighted by atomic mass is 10.1. The molecule has 3 nitrogen and oxygen atoms in total. The molecular formula is C27H47NO2S. The Kier molecular flexibility index (Phi) is 18.4. The van der Waals surface area contributed by atoms with Gasteiger partial charge in [-0.3, -0.25) is 0 Å². The lowest BCUT2D eigenvalue weighted by Crippen LogP contribution is -2.22. The van der Waals surface area contributed by atoms with Crippen molar-refractivity contribution in [3.05, 3.63) is 24.3 Å². The van der Waals surface area contributed by atoms with Crippen molar-refractivity contribution < 1.29 is 9.84 Å². The lowest BCUT2D eigenvalue weighted by Gasteiger charge is -2.08. The van der Waals surface area contributed by atoms with Gasteiger partial charge in [0, 0.05) is 6.54 Å². The van der Waals surface area contributed by atoms with E-state index in [-0.39, 0.29) is 5.75 Å². The maximum absolute atomic E-state index is 9.25. The molecule has 1 rings (SSSR count). The smallest absolute Gasteiger partial charge is 0.119 e. The fourth-order valence-corrected chi connectivity index (χ4v) is 4.00. The number of nitrogens with one attached hydrogen (secondary N) is 1. The second-order valence-electron chi connectivity index (χ2n) is 8.75. The highest BCUT2D eigenvalue weighted by molar-refractivity contribution is 7.80. The van der Waals surface area contributed by atoms with Crippen LogP contribution in [0.5, 0.6) is 11.5 Å². The number of ether oxygens (including phenoxy) is 1. The van der Waals surface area contributed by atoms with Crippen molar-refractivity contribution in [2.45, 2.75) is 116 Å². The summed E-state index contributed by atoms with van der Waals surface area (Å²) in [6.07, 6.45) is 22.1. The zero-order valence-electron chi connectivity index (χ0n) is 20.0. The van der Waals surface area contributed by atoms with E-state index in [2.05, 4.69) is 12.2 Å². The van der Waals surface area contributed by atoms with Crippen molar-refractivity contribution in [1.82, 2.24) is 5.32 Å². The first-order valence-corrected chi connectivity index (χ1v) is 13.3. The van der Waals surface area contributed by atoms with Gasteiger partial charge in [0.1, 0.15) is 11.5 Å². The van der Waals surface area contributed by atoms with Gasteiger partial charge in [-0.25, -0.2) is 0 Å². The summed E-state index contributed by atoms with van der Waals surface area (Å²) in [5, 5.41) is 12.7. The molecule has 1 aromatic rings. The number of benzene rings is 1. The third kappa shape index (κ3) is 18.0. The van der Waals surface area contributed by atoms with E-state index in [1.165, 1.54) is 96.3 Å². The first kappa shape index (κ1) is 27.7. The van der Waals surface area contributed by atoms with Crippen molar-refractivity contribution in [2.24, 2.45) is 0 Å². The SMILES string of the molecule is CCCCCCCCCC(=S)NCCCCCCCCCCCOc1ccc(O)cc1. The minimum absolute atomic E-state index is 0.283. The molecule has 0 aliphatic heterocycles. The molecule has 0 saturated heterocycles. The minimum Gasteiger partial charge on any atom is -0.508 e. The summed E-state index contributed by atoms with van der Waals surface area (Å²) in [6, 6.07) is 6.96. The first-order valence-electron chi connectivity index (χ1n) is 12.9. The summed E-state index contributed by atoms with van der Waals surface area (Å²) in [7, 11) is 0. The average Bonchev–Trinajstić information content (AvgIpc) is 2.77. The van der Waals surface area contributed by atoms with Crippen molar-refractivity contribution in [3.8, 4) is 11.5 Å². The molecule has 31 heavy (non-hydrogen) atoms. The Morgan fingerprint density at radius 1 is 0.742 bits per heavy atom. The summed E-state index contributed by atoms with van der Waals surface area (Å²) < 4.78 is 5.68. The molecule has 1 aromatic carbocycles. The molecule has 0 aromatic heterocycles. The quantitative estimate of drug-likeness (QED) is 0.146. The van der Waals surface area contributed by atoms with Crippen LogP contribution in [0.25, 0.3) is 0 Å². The van der Waals surface area contributed by atoms with Gasteiger partial charge in [-0.1, -0.05) is 103 Å². The molecule has 0 unspecified atom stereocenters. The molecule has 0 radical (unpaired) electrons. The predicted molar refractivity (Wildman–Crippen MR) is 138 cm³/mol. The third-order valence-corrected chi connectivity index (χ3v) is 6.10. The number of rotatable bonds is 21. The van der Waals surface area contributed by atoms with Gasteiger partial charge in [0.25, 0.3) is 0 Å². The standard InChI is InChI=1S/C27H47NO2S/c1-2-3-4-5-9-12-15-18-27(31)28-23-16-13-10-7-6-8-11-14-17-24-30-26-21-19-25(29)20-22-26/h19-22,29H,2-18,23-24H2,1H3,(H,28,31). The van der Waals surface area contributed by atoms with Crippen molar-refractivity contribution in [1.29, 1.82) is 0 Å². The number of phenols is 1. The summed E-state index contributed by atoms with van der Waals surface area (Å²) in [5.41, 5.74) is 0. The highest BCUT2D eigenvalue weighted by Gasteiger charge is 1.98. The topological polar surface area (TPSA) is 41.5 Å². The molecule has 0 spiro atoms. The Labute approximate surface area is 197 Å². The van der Waals surface area contributed by atoms with Gasteiger partial charge in [-0.2, -0.15) is 0 Å². The summed E-state index contributed by atoms with van der Waals surface area (Å²) in [4.78, 5) is 1.07. The number of hydrogen-bond acceptors (Lipinski definition) is 3. The van der Waals surface area contributed by atoms with Gasteiger partial charge >= 0.3 is 0 Å². The molecule has 0 saturated carbocycles. The highest BCUT2D eigenvalue weighted by Crippen LogP contribution is 2.16. The van der Waals surface area contributed by atoms with Crippen LogP contribution in [0.4, 0.5) is 0 Å². The van der Waals surface area contributed by atoms with Crippen LogP contribution < -0.4 is 10.1 Å². The molecule has 0 amide bonds. The van der Waals surface area contributed by atoms with Gasteiger partial charge in [0.05, 0.1) is 11.6 Å². The van der Waals surface area contributed by atoms with E-state index < -0.39 is 0 Å². The van der Waals surface area contributed by atoms with E-state index in [0.29, 0.717) is 0 Å². The molecular weight excluding hydrogens is 402 g/mol. The normalized spacial score (nSPS) is 10.9. The van der Waals surface area contributed by atoms with Crippen LogP contribution in [-0.2, 0) is 0 Å². The summed E-state index contributed by atoms with van der Waals surface area (Å²) >= 11 is 5.46. The monoisotopic (exact) mass is 449 g/mol.